The van der Waals surface area contributed by atoms with Crippen LogP contribution in [0.1, 0.15) is 25.6 Å². The lowest BCUT2D eigenvalue weighted by molar-refractivity contribution is -0.384. The fourth-order valence-corrected chi connectivity index (χ4v) is 1.71. The Morgan fingerprint density at radius 1 is 1.50 bits per heavy atom. The Morgan fingerprint density at radius 3 is 2.65 bits per heavy atom. The molecule has 0 spiro atoms. The minimum absolute atomic E-state index is 0.0316. The molecule has 0 aliphatic heterocycles. The third-order valence-corrected chi connectivity index (χ3v) is 2.51. The highest BCUT2D eigenvalue weighted by atomic mass is 19.3. The van der Waals surface area contributed by atoms with Crippen molar-refractivity contribution < 1.29 is 18.4 Å². The maximum Gasteiger partial charge on any atom is 0.333 e. The van der Waals surface area contributed by atoms with Crippen molar-refractivity contribution in [3.05, 3.63) is 15.8 Å². The van der Waals surface area contributed by atoms with Crippen LogP contribution in [0.5, 0.6) is 0 Å². The van der Waals surface area contributed by atoms with Gasteiger partial charge in [0.15, 0.2) is 0 Å². The molecule has 0 fully saturated rings. The SMILES string of the molecule is Cc1nn(C(C)C)c(NCCOCC(F)F)c1[N+](=O)[O-]. The molecule has 0 atom stereocenters. The van der Waals surface area contributed by atoms with E-state index in [-0.39, 0.29) is 30.7 Å². The van der Waals surface area contributed by atoms with E-state index in [9.17, 15) is 18.9 Å². The van der Waals surface area contributed by atoms with Crippen molar-refractivity contribution in [2.75, 3.05) is 25.1 Å². The summed E-state index contributed by atoms with van der Waals surface area (Å²) < 4.78 is 30.0. The highest BCUT2D eigenvalue weighted by molar-refractivity contribution is 5.59. The molecule has 1 aromatic heterocycles. The Bertz CT molecular complexity index is 463. The molecule has 1 heterocycles. The monoisotopic (exact) mass is 292 g/mol. The molecule has 0 aliphatic carbocycles. The van der Waals surface area contributed by atoms with E-state index in [0.717, 1.165) is 0 Å². The van der Waals surface area contributed by atoms with Crippen LogP contribution in [0.25, 0.3) is 0 Å². The molecule has 0 bridgehead atoms. The van der Waals surface area contributed by atoms with Gasteiger partial charge in [0, 0.05) is 12.6 Å². The van der Waals surface area contributed by atoms with Crippen LogP contribution in [0.15, 0.2) is 0 Å². The van der Waals surface area contributed by atoms with Crippen LogP contribution in [0.4, 0.5) is 20.3 Å². The maximum absolute atomic E-state index is 11.9. The Balaban J connectivity index is 2.74. The average molecular weight is 292 g/mol. The highest BCUT2D eigenvalue weighted by Crippen LogP contribution is 2.30. The van der Waals surface area contributed by atoms with Crippen LogP contribution in [-0.4, -0.2) is 40.9 Å². The van der Waals surface area contributed by atoms with Gasteiger partial charge in [0.05, 0.1) is 11.5 Å². The summed E-state index contributed by atoms with van der Waals surface area (Å²) >= 11 is 0. The molecular weight excluding hydrogens is 274 g/mol. The van der Waals surface area contributed by atoms with Gasteiger partial charge >= 0.3 is 5.69 Å². The van der Waals surface area contributed by atoms with Gasteiger partial charge in [-0.25, -0.2) is 13.5 Å². The maximum atomic E-state index is 11.9. The Hall–Kier alpha value is -1.77. The number of aromatic nitrogens is 2. The van der Waals surface area contributed by atoms with Crippen LogP contribution in [-0.2, 0) is 4.74 Å². The molecule has 0 saturated carbocycles. The van der Waals surface area contributed by atoms with Gasteiger partial charge in [-0.1, -0.05) is 0 Å². The van der Waals surface area contributed by atoms with Gasteiger partial charge in [0.2, 0.25) is 5.82 Å². The van der Waals surface area contributed by atoms with E-state index in [1.807, 2.05) is 13.8 Å². The predicted octanol–water partition coefficient (Wildman–Crippen LogP) is 2.37. The van der Waals surface area contributed by atoms with Crippen molar-refractivity contribution in [2.45, 2.75) is 33.2 Å². The lowest BCUT2D eigenvalue weighted by atomic mass is 10.3. The molecule has 1 N–H and O–H groups in total. The van der Waals surface area contributed by atoms with Crippen molar-refractivity contribution in [1.29, 1.82) is 0 Å². The molecule has 0 radical (unpaired) electrons. The minimum Gasteiger partial charge on any atom is -0.374 e. The first-order valence-corrected chi connectivity index (χ1v) is 6.17. The van der Waals surface area contributed by atoms with Crippen LogP contribution >= 0.6 is 0 Å². The Labute approximate surface area is 115 Å². The number of nitro groups is 1. The number of alkyl halides is 2. The second-order valence-corrected chi connectivity index (χ2v) is 4.47. The first-order chi connectivity index (χ1) is 9.34. The molecular formula is C11H18F2N4O3. The molecule has 20 heavy (non-hydrogen) atoms. The largest absolute Gasteiger partial charge is 0.374 e. The number of hydrogen-bond acceptors (Lipinski definition) is 5. The molecule has 1 rings (SSSR count). The number of nitrogens with zero attached hydrogens (tertiary/aromatic N) is 3. The van der Waals surface area contributed by atoms with Gasteiger partial charge in [-0.2, -0.15) is 5.10 Å². The van der Waals surface area contributed by atoms with Crippen molar-refractivity contribution in [3.8, 4) is 0 Å². The number of aryl methyl sites for hydroxylation is 1. The fourth-order valence-electron chi connectivity index (χ4n) is 1.71. The van der Waals surface area contributed by atoms with Gasteiger partial charge in [0.1, 0.15) is 12.3 Å². The minimum atomic E-state index is -2.52. The molecule has 0 amide bonds. The van der Waals surface area contributed by atoms with E-state index >= 15 is 0 Å². The summed E-state index contributed by atoms with van der Waals surface area (Å²) in [6.45, 7) is 4.81. The van der Waals surface area contributed by atoms with Crippen molar-refractivity contribution in [1.82, 2.24) is 9.78 Å². The lowest BCUT2D eigenvalue weighted by Crippen LogP contribution is -2.16. The van der Waals surface area contributed by atoms with Gasteiger partial charge in [0.25, 0.3) is 6.43 Å². The number of hydrogen-bond donors (Lipinski definition) is 1. The Morgan fingerprint density at radius 2 is 2.15 bits per heavy atom. The molecule has 9 heteroatoms. The number of nitrogens with one attached hydrogen (secondary N) is 1. The van der Waals surface area contributed by atoms with Crippen LogP contribution in [0.2, 0.25) is 0 Å². The van der Waals surface area contributed by atoms with Gasteiger partial charge < -0.3 is 10.1 Å². The number of rotatable bonds is 8. The standard InChI is InChI=1S/C11H18F2N4O3/c1-7(2)16-11(10(17(18)19)8(3)15-16)14-4-5-20-6-9(12)13/h7,9,14H,4-6H2,1-3H3. The molecule has 0 aliphatic rings. The molecule has 0 unspecified atom stereocenters. The molecule has 114 valence electrons. The van der Waals surface area contributed by atoms with Crippen LogP contribution in [0, 0.1) is 17.0 Å². The highest BCUT2D eigenvalue weighted by Gasteiger charge is 2.26. The third kappa shape index (κ3) is 4.12. The summed E-state index contributed by atoms with van der Waals surface area (Å²) in [7, 11) is 0. The number of halogens is 2. The summed E-state index contributed by atoms with van der Waals surface area (Å²) in [6.07, 6.45) is -2.52. The molecule has 7 nitrogen and oxygen atoms in total. The smallest absolute Gasteiger partial charge is 0.333 e. The van der Waals surface area contributed by atoms with Crippen LogP contribution < -0.4 is 5.32 Å². The number of anilines is 1. The molecule has 1 aromatic rings. The second-order valence-electron chi connectivity index (χ2n) is 4.47. The van der Waals surface area contributed by atoms with E-state index in [1.165, 1.54) is 4.68 Å². The van der Waals surface area contributed by atoms with E-state index < -0.39 is 18.0 Å². The lowest BCUT2D eigenvalue weighted by Gasteiger charge is -2.12. The quantitative estimate of drug-likeness (QED) is 0.452. The zero-order valence-corrected chi connectivity index (χ0v) is 11.6. The van der Waals surface area contributed by atoms with Gasteiger partial charge in [-0.05, 0) is 20.8 Å². The summed E-state index contributed by atoms with van der Waals surface area (Å²) in [5, 5.41) is 18.0. The zero-order valence-electron chi connectivity index (χ0n) is 11.6. The van der Waals surface area contributed by atoms with Gasteiger partial charge in [-0.3, -0.25) is 10.1 Å². The van der Waals surface area contributed by atoms with E-state index in [0.29, 0.717) is 5.69 Å². The predicted molar refractivity (Wildman–Crippen MR) is 69.3 cm³/mol. The summed E-state index contributed by atoms with van der Waals surface area (Å²) in [5.41, 5.74) is 0.201. The van der Waals surface area contributed by atoms with Crippen molar-refractivity contribution >= 4 is 11.5 Å². The van der Waals surface area contributed by atoms with Crippen LogP contribution in [0.3, 0.4) is 0 Å². The average Bonchev–Trinajstić information content (AvgIpc) is 2.65. The normalized spacial score (nSPS) is 11.3. The first-order valence-electron chi connectivity index (χ1n) is 6.17. The fraction of sp³-hybridized carbons (Fsp3) is 0.727. The van der Waals surface area contributed by atoms with E-state index in [2.05, 4.69) is 10.4 Å². The second kappa shape index (κ2) is 7.13. The van der Waals surface area contributed by atoms with Crippen molar-refractivity contribution in [3.63, 3.8) is 0 Å². The van der Waals surface area contributed by atoms with Crippen molar-refractivity contribution in [2.24, 2.45) is 0 Å². The molecule has 0 aromatic carbocycles. The zero-order chi connectivity index (χ0) is 15.3. The molecule has 0 saturated heterocycles. The van der Waals surface area contributed by atoms with Gasteiger partial charge in [-0.15, -0.1) is 0 Å². The number of ether oxygens (including phenoxy) is 1. The third-order valence-electron chi connectivity index (χ3n) is 2.51. The summed E-state index contributed by atoms with van der Waals surface area (Å²) in [6, 6.07) is -0.0631. The van der Waals surface area contributed by atoms with E-state index in [1.54, 1.807) is 6.92 Å². The summed E-state index contributed by atoms with van der Waals surface area (Å²) in [4.78, 5) is 10.5. The summed E-state index contributed by atoms with van der Waals surface area (Å²) in [5.74, 6) is 0.267. The first kappa shape index (κ1) is 16.3. The van der Waals surface area contributed by atoms with E-state index in [4.69, 9.17) is 4.74 Å². The topological polar surface area (TPSA) is 82.2 Å². The Kier molecular flexibility index (Phi) is 5.81.